The van der Waals surface area contributed by atoms with Crippen LogP contribution in [0.15, 0.2) is 11.1 Å². The summed E-state index contributed by atoms with van der Waals surface area (Å²) >= 11 is 0. The van der Waals surface area contributed by atoms with Gasteiger partial charge in [0, 0.05) is 48.9 Å². The van der Waals surface area contributed by atoms with Crippen molar-refractivity contribution >= 4 is 0 Å². The van der Waals surface area contributed by atoms with Crippen LogP contribution in [-0.2, 0) is 0 Å². The molecule has 0 spiro atoms. The van der Waals surface area contributed by atoms with Crippen LogP contribution in [0, 0.1) is 60.2 Å². The Balaban J connectivity index is 0.000000605. The fourth-order valence-corrected chi connectivity index (χ4v) is 2.61. The standard InChI is InChI=1S/C10H16.Xe/c1-7-4-5-8-6-9(7)10(8,2)3;/h8H,4-6H2,1-3H3;. The van der Waals surface area contributed by atoms with Gasteiger partial charge in [0.1, 0.15) is 0 Å². The molecule has 1 heteroatoms. The predicted octanol–water partition coefficient (Wildman–Crippen LogP) is 3.14. The van der Waals surface area contributed by atoms with E-state index in [1.54, 1.807) is 11.1 Å². The normalized spacial score (nSPS) is 32.5. The van der Waals surface area contributed by atoms with Gasteiger partial charge in [-0.25, -0.2) is 0 Å². The van der Waals surface area contributed by atoms with Gasteiger partial charge in [-0.15, -0.1) is 0 Å². The van der Waals surface area contributed by atoms with Crippen molar-refractivity contribution in [2.45, 2.75) is 40.0 Å². The third-order valence-corrected chi connectivity index (χ3v) is 3.63. The van der Waals surface area contributed by atoms with Crippen LogP contribution in [0.25, 0.3) is 0 Å². The second kappa shape index (κ2) is 3.22. The number of rotatable bonds is 0. The Morgan fingerprint density at radius 1 is 1.36 bits per heavy atom. The van der Waals surface area contributed by atoms with E-state index in [9.17, 15) is 0 Å². The molecular weight excluding hydrogens is 251 g/mol. The van der Waals surface area contributed by atoms with Crippen LogP contribution in [0.3, 0.4) is 0 Å². The minimum Gasteiger partial charge on any atom is -0.0735 e. The molecule has 3 aliphatic carbocycles. The largest absolute Gasteiger partial charge is 0.0735 e. The van der Waals surface area contributed by atoms with Gasteiger partial charge in [0.2, 0.25) is 0 Å². The molecule has 3 aliphatic rings. The molecule has 0 saturated heterocycles. The molecule has 0 nitrogen and oxygen atoms in total. The third-order valence-electron chi connectivity index (χ3n) is 3.63. The smallest absolute Gasteiger partial charge is 0 e. The summed E-state index contributed by atoms with van der Waals surface area (Å²) < 4.78 is 0. The Hall–Kier alpha value is 1.31. The Bertz CT molecular complexity index is 201. The Morgan fingerprint density at radius 3 is 2.27 bits per heavy atom. The first-order chi connectivity index (χ1) is 4.62. The fourth-order valence-electron chi connectivity index (χ4n) is 2.61. The van der Waals surface area contributed by atoms with E-state index in [0.717, 1.165) is 5.92 Å². The topological polar surface area (TPSA) is 0 Å². The molecule has 11 heavy (non-hydrogen) atoms. The zero-order chi connectivity index (χ0) is 7.35. The van der Waals surface area contributed by atoms with E-state index in [1.165, 1.54) is 19.3 Å². The summed E-state index contributed by atoms with van der Waals surface area (Å²) in [4.78, 5) is 0. The summed E-state index contributed by atoms with van der Waals surface area (Å²) in [6, 6.07) is 0. The number of allylic oxidation sites excluding steroid dienone is 2. The zero-order valence-electron chi connectivity index (χ0n) is 7.55. The first-order valence-electron chi connectivity index (χ1n) is 4.31. The van der Waals surface area contributed by atoms with Gasteiger partial charge in [-0.2, -0.15) is 0 Å². The summed E-state index contributed by atoms with van der Waals surface area (Å²) in [5.41, 5.74) is 4.04. The second-order valence-electron chi connectivity index (χ2n) is 4.42. The molecule has 0 aliphatic heterocycles. The van der Waals surface area contributed by atoms with Gasteiger partial charge < -0.3 is 0 Å². The second-order valence-corrected chi connectivity index (χ2v) is 4.42. The molecule has 0 radical (unpaired) electrons. The van der Waals surface area contributed by atoms with Crippen molar-refractivity contribution in [1.82, 2.24) is 0 Å². The first-order valence-corrected chi connectivity index (χ1v) is 4.31. The molecule has 0 aromatic carbocycles. The van der Waals surface area contributed by atoms with Crippen molar-refractivity contribution in [3.63, 3.8) is 0 Å². The van der Waals surface area contributed by atoms with E-state index in [1.807, 2.05) is 0 Å². The molecule has 64 valence electrons. The molecule has 1 unspecified atom stereocenters. The maximum atomic E-state index is 2.40. The van der Waals surface area contributed by atoms with Gasteiger partial charge in [0.25, 0.3) is 0 Å². The van der Waals surface area contributed by atoms with Crippen molar-refractivity contribution in [3.8, 4) is 0 Å². The summed E-state index contributed by atoms with van der Waals surface area (Å²) in [6.45, 7) is 7.12. The molecule has 0 amide bonds. The number of hydrogen-bond donors (Lipinski definition) is 0. The first kappa shape index (κ1) is 10.4. The van der Waals surface area contributed by atoms with Gasteiger partial charge in [0.05, 0.1) is 0 Å². The van der Waals surface area contributed by atoms with Crippen molar-refractivity contribution in [2.24, 2.45) is 11.3 Å². The van der Waals surface area contributed by atoms with E-state index in [2.05, 4.69) is 20.8 Å². The van der Waals surface area contributed by atoms with Crippen molar-refractivity contribution in [3.05, 3.63) is 11.1 Å². The Labute approximate surface area is 110 Å². The molecular formula is C10H16Xe. The number of fused-ring (bicyclic) bond motifs is 2. The third kappa shape index (κ3) is 1.42. The van der Waals surface area contributed by atoms with Gasteiger partial charge in [-0.3, -0.25) is 0 Å². The van der Waals surface area contributed by atoms with E-state index in [4.69, 9.17) is 0 Å². The average Bonchev–Trinajstić information content (AvgIpc) is 1.87. The average molecular weight is 268 g/mol. The van der Waals surface area contributed by atoms with E-state index >= 15 is 0 Å². The summed E-state index contributed by atoms with van der Waals surface area (Å²) in [5, 5.41) is 0. The van der Waals surface area contributed by atoms with Crippen LogP contribution in [0.4, 0.5) is 0 Å². The summed E-state index contributed by atoms with van der Waals surface area (Å²) in [7, 11) is 0. The molecule has 1 saturated carbocycles. The van der Waals surface area contributed by atoms with E-state index < -0.39 is 0 Å². The van der Waals surface area contributed by atoms with Gasteiger partial charge in [-0.05, 0) is 37.5 Å². The van der Waals surface area contributed by atoms with Gasteiger partial charge >= 0.3 is 0 Å². The van der Waals surface area contributed by atoms with E-state index in [0.29, 0.717) is 5.41 Å². The molecule has 0 aromatic heterocycles. The summed E-state index contributed by atoms with van der Waals surface area (Å²) in [5.74, 6) is 1.02. The maximum absolute atomic E-state index is 2.40. The molecule has 0 heterocycles. The quantitative estimate of drug-likeness (QED) is 0.592. The minimum absolute atomic E-state index is 0. The summed E-state index contributed by atoms with van der Waals surface area (Å²) in [6.07, 6.45) is 4.24. The molecule has 1 fully saturated rings. The molecule has 0 N–H and O–H groups in total. The molecule has 0 aromatic rings. The van der Waals surface area contributed by atoms with Crippen LogP contribution in [0.1, 0.15) is 40.0 Å². The molecule has 1 atom stereocenters. The van der Waals surface area contributed by atoms with E-state index in [-0.39, 0.29) is 48.9 Å². The van der Waals surface area contributed by atoms with Crippen molar-refractivity contribution < 1.29 is 48.9 Å². The fraction of sp³-hybridized carbons (Fsp3) is 0.800. The Morgan fingerprint density at radius 2 is 2.00 bits per heavy atom. The van der Waals surface area contributed by atoms with Crippen LogP contribution >= 0.6 is 0 Å². The predicted molar refractivity (Wildman–Crippen MR) is 43.8 cm³/mol. The van der Waals surface area contributed by atoms with Gasteiger partial charge in [-0.1, -0.05) is 25.0 Å². The minimum atomic E-state index is 0. The van der Waals surface area contributed by atoms with Crippen molar-refractivity contribution in [2.75, 3.05) is 0 Å². The van der Waals surface area contributed by atoms with Crippen LogP contribution < -0.4 is 0 Å². The van der Waals surface area contributed by atoms with Crippen LogP contribution in [0.5, 0.6) is 0 Å². The monoisotopic (exact) mass is 268 g/mol. The van der Waals surface area contributed by atoms with Gasteiger partial charge in [0.15, 0.2) is 0 Å². The van der Waals surface area contributed by atoms with Crippen molar-refractivity contribution in [1.29, 1.82) is 0 Å². The van der Waals surface area contributed by atoms with Crippen LogP contribution in [-0.4, -0.2) is 0 Å². The molecule has 3 rings (SSSR count). The SMILES string of the molecule is CC1=C2CC(CC1)C2(C)C.[Xe]. The number of hydrogen-bond acceptors (Lipinski definition) is 0. The Kier molecular flexibility index (Phi) is 3.05. The molecule has 2 bridgehead atoms. The van der Waals surface area contributed by atoms with Crippen LogP contribution in [0.2, 0.25) is 0 Å². The zero-order valence-corrected chi connectivity index (χ0v) is 9.57. The maximum Gasteiger partial charge on any atom is 0 e.